The van der Waals surface area contributed by atoms with Crippen molar-refractivity contribution in [2.75, 3.05) is 11.5 Å². The molecule has 1 unspecified atom stereocenters. The summed E-state index contributed by atoms with van der Waals surface area (Å²) in [6.07, 6.45) is 0.867. The van der Waals surface area contributed by atoms with Crippen molar-refractivity contribution in [2.24, 2.45) is 5.92 Å². The molecule has 9 heteroatoms. The Bertz CT molecular complexity index is 1390. The van der Waals surface area contributed by atoms with E-state index in [9.17, 15) is 19.5 Å². The highest BCUT2D eigenvalue weighted by molar-refractivity contribution is 7.18. The van der Waals surface area contributed by atoms with E-state index in [2.05, 4.69) is 18.8 Å². The fourth-order valence-corrected chi connectivity index (χ4v) is 5.22. The van der Waals surface area contributed by atoms with Crippen LogP contribution in [0, 0.1) is 12.8 Å². The van der Waals surface area contributed by atoms with Gasteiger partial charge in [-0.05, 0) is 61.2 Å². The summed E-state index contributed by atoms with van der Waals surface area (Å²) in [5, 5.41) is 11.9. The zero-order valence-corrected chi connectivity index (χ0v) is 22.5. The molecule has 0 spiro atoms. The van der Waals surface area contributed by atoms with E-state index < -0.39 is 17.7 Å². The van der Waals surface area contributed by atoms with Gasteiger partial charge in [-0.25, -0.2) is 4.98 Å². The van der Waals surface area contributed by atoms with Gasteiger partial charge in [0.05, 0.1) is 28.8 Å². The molecule has 1 amide bonds. The molecule has 1 aliphatic heterocycles. The quantitative estimate of drug-likeness (QED) is 0.155. The normalized spacial score (nSPS) is 17.0. The van der Waals surface area contributed by atoms with Gasteiger partial charge in [0.2, 0.25) is 0 Å². The molecule has 3 aromatic rings. The zero-order chi connectivity index (χ0) is 26.9. The number of aryl methyl sites for hydroxylation is 1. The lowest BCUT2D eigenvalue weighted by Gasteiger charge is -2.23. The Labute approximate surface area is 224 Å². The molecular weight excluding hydrogens is 512 g/mol. The summed E-state index contributed by atoms with van der Waals surface area (Å²) in [7, 11) is 0. The lowest BCUT2D eigenvalue weighted by molar-refractivity contribution is -0.132. The van der Waals surface area contributed by atoms with E-state index >= 15 is 0 Å². The number of anilines is 1. The maximum atomic E-state index is 13.4. The number of nitrogens with zero attached hydrogens (tertiary/aromatic N) is 2. The first-order valence-electron chi connectivity index (χ1n) is 11.9. The highest BCUT2D eigenvalue weighted by Crippen LogP contribution is 2.44. The van der Waals surface area contributed by atoms with Crippen LogP contribution in [0.5, 0.6) is 5.75 Å². The van der Waals surface area contributed by atoms with E-state index in [0.717, 1.165) is 17.8 Å². The molecule has 1 fully saturated rings. The number of rotatable bonds is 8. The molecule has 2 heterocycles. The van der Waals surface area contributed by atoms with E-state index in [1.54, 1.807) is 55.5 Å². The third kappa shape index (κ3) is 5.45. The summed E-state index contributed by atoms with van der Waals surface area (Å²) in [6, 6.07) is 12.5. The number of hydrogen-bond acceptors (Lipinski definition) is 7. The second-order valence-corrected chi connectivity index (χ2v) is 10.7. The van der Waals surface area contributed by atoms with Crippen molar-refractivity contribution in [1.82, 2.24) is 4.98 Å². The Balaban J connectivity index is 1.87. The standard InChI is InChI=1S/C28H27ClN2O5S/c1-15(2)12-13-36-21-7-5-6-19(14-21)23-22(24(33)18-8-10-20(29)11-9-18)25(34)27(35)31(23)28-30-16(3)26(37-28)17(4)32/h5-11,14-15,23,33H,12-13H2,1-4H3. The fraction of sp³-hybridized carbons (Fsp3) is 0.286. The monoisotopic (exact) mass is 538 g/mol. The maximum Gasteiger partial charge on any atom is 0.301 e. The molecule has 1 aromatic heterocycles. The van der Waals surface area contributed by atoms with Gasteiger partial charge in [-0.2, -0.15) is 0 Å². The van der Waals surface area contributed by atoms with Crippen LogP contribution in [0.1, 0.15) is 59.7 Å². The number of ketones is 2. The van der Waals surface area contributed by atoms with Crippen LogP contribution in [0.4, 0.5) is 5.13 Å². The molecule has 192 valence electrons. The molecule has 0 aliphatic carbocycles. The SMILES string of the molecule is CC(=O)c1sc(N2C(=O)C(=O)C(=C(O)c3ccc(Cl)cc3)C2c2cccc(OCCC(C)C)c2)nc1C. The van der Waals surface area contributed by atoms with Gasteiger partial charge >= 0.3 is 5.91 Å². The van der Waals surface area contributed by atoms with Crippen LogP contribution in [-0.2, 0) is 9.59 Å². The minimum Gasteiger partial charge on any atom is -0.507 e. The third-order valence-corrected chi connectivity index (χ3v) is 7.52. The largest absolute Gasteiger partial charge is 0.507 e. The first-order chi connectivity index (χ1) is 17.6. The van der Waals surface area contributed by atoms with Crippen molar-refractivity contribution < 1.29 is 24.2 Å². The summed E-state index contributed by atoms with van der Waals surface area (Å²) >= 11 is 7.04. The number of halogens is 1. The molecule has 1 N–H and O–H groups in total. The Morgan fingerprint density at radius 3 is 2.51 bits per heavy atom. The molecule has 4 rings (SSSR count). The van der Waals surface area contributed by atoms with Crippen molar-refractivity contribution in [3.05, 3.63) is 80.8 Å². The highest BCUT2D eigenvalue weighted by Gasteiger charge is 2.48. The van der Waals surface area contributed by atoms with Crippen LogP contribution < -0.4 is 9.64 Å². The smallest absolute Gasteiger partial charge is 0.301 e. The minimum absolute atomic E-state index is 0.0797. The third-order valence-electron chi connectivity index (χ3n) is 6.01. The number of carbonyl (C=O) groups is 3. The number of aliphatic hydroxyl groups excluding tert-OH is 1. The van der Waals surface area contributed by atoms with Gasteiger partial charge < -0.3 is 9.84 Å². The van der Waals surface area contributed by atoms with E-state index in [0.29, 0.717) is 45.0 Å². The Kier molecular flexibility index (Phi) is 7.80. The second kappa shape index (κ2) is 10.9. The number of Topliss-reactive ketones (excluding diaryl/α,β-unsaturated/α-hetero) is 2. The number of amides is 1. The first-order valence-corrected chi connectivity index (χ1v) is 13.1. The maximum absolute atomic E-state index is 13.4. The Morgan fingerprint density at radius 1 is 1.19 bits per heavy atom. The Morgan fingerprint density at radius 2 is 1.89 bits per heavy atom. The van der Waals surface area contributed by atoms with Crippen LogP contribution >= 0.6 is 22.9 Å². The number of thiazole rings is 1. The second-order valence-electron chi connectivity index (χ2n) is 9.25. The van der Waals surface area contributed by atoms with E-state index in [1.165, 1.54) is 11.8 Å². The summed E-state index contributed by atoms with van der Waals surface area (Å²) in [5.74, 6) is -1.14. The van der Waals surface area contributed by atoms with Crippen molar-refractivity contribution in [3.63, 3.8) is 0 Å². The van der Waals surface area contributed by atoms with Crippen molar-refractivity contribution in [1.29, 1.82) is 0 Å². The summed E-state index contributed by atoms with van der Waals surface area (Å²) in [4.78, 5) is 44.9. The summed E-state index contributed by atoms with van der Waals surface area (Å²) in [5.41, 5.74) is 1.30. The predicted octanol–water partition coefficient (Wildman–Crippen LogP) is 6.36. The van der Waals surface area contributed by atoms with Gasteiger partial charge in [0.1, 0.15) is 11.5 Å². The highest BCUT2D eigenvalue weighted by atomic mass is 35.5. The van der Waals surface area contributed by atoms with E-state index in [1.807, 2.05) is 0 Å². The van der Waals surface area contributed by atoms with Gasteiger partial charge in [0.15, 0.2) is 10.9 Å². The predicted molar refractivity (Wildman–Crippen MR) is 144 cm³/mol. The van der Waals surface area contributed by atoms with Crippen LogP contribution in [0.25, 0.3) is 5.76 Å². The van der Waals surface area contributed by atoms with Crippen molar-refractivity contribution in [3.8, 4) is 5.75 Å². The van der Waals surface area contributed by atoms with Crippen LogP contribution in [0.3, 0.4) is 0 Å². The molecule has 37 heavy (non-hydrogen) atoms. The first kappa shape index (κ1) is 26.6. The van der Waals surface area contributed by atoms with E-state index in [-0.39, 0.29) is 22.2 Å². The van der Waals surface area contributed by atoms with Crippen molar-refractivity contribution in [2.45, 2.75) is 40.2 Å². The van der Waals surface area contributed by atoms with Gasteiger partial charge in [0, 0.05) is 17.5 Å². The van der Waals surface area contributed by atoms with Gasteiger partial charge in [0.25, 0.3) is 5.78 Å². The van der Waals surface area contributed by atoms with Crippen molar-refractivity contribution >= 4 is 51.3 Å². The molecule has 1 saturated heterocycles. The van der Waals surface area contributed by atoms with Crippen LogP contribution in [0.15, 0.2) is 54.1 Å². The van der Waals surface area contributed by atoms with Gasteiger partial charge in [-0.15, -0.1) is 0 Å². The molecular formula is C28H27ClN2O5S. The average Bonchev–Trinajstić information content (AvgIpc) is 3.36. The topological polar surface area (TPSA) is 96.8 Å². The molecule has 1 aliphatic rings. The van der Waals surface area contributed by atoms with Crippen LogP contribution in [0.2, 0.25) is 5.02 Å². The lowest BCUT2D eigenvalue weighted by atomic mass is 9.95. The fourth-order valence-electron chi connectivity index (χ4n) is 4.11. The van der Waals surface area contributed by atoms with E-state index in [4.69, 9.17) is 16.3 Å². The lowest BCUT2D eigenvalue weighted by Crippen LogP contribution is -2.29. The molecule has 0 radical (unpaired) electrons. The molecule has 0 saturated carbocycles. The van der Waals surface area contributed by atoms with Gasteiger partial charge in [-0.1, -0.05) is 48.9 Å². The van der Waals surface area contributed by atoms with Gasteiger partial charge in [-0.3, -0.25) is 19.3 Å². The summed E-state index contributed by atoms with van der Waals surface area (Å²) in [6.45, 7) is 7.83. The zero-order valence-electron chi connectivity index (χ0n) is 20.9. The molecule has 0 bridgehead atoms. The number of benzene rings is 2. The molecule has 7 nitrogen and oxygen atoms in total. The molecule has 1 atom stereocenters. The number of aliphatic hydroxyl groups is 1. The summed E-state index contributed by atoms with van der Waals surface area (Å²) < 4.78 is 5.92. The number of aromatic nitrogens is 1. The number of carbonyl (C=O) groups excluding carboxylic acids is 3. The number of hydrogen-bond donors (Lipinski definition) is 1. The molecule has 2 aromatic carbocycles. The average molecular weight is 539 g/mol. The van der Waals surface area contributed by atoms with Crippen LogP contribution in [-0.4, -0.2) is 34.2 Å². The minimum atomic E-state index is -0.977. The Hall–Kier alpha value is -3.49. The number of ether oxygens (including phenoxy) is 1.